The van der Waals surface area contributed by atoms with Crippen molar-refractivity contribution in [1.29, 1.82) is 0 Å². The highest BCUT2D eigenvalue weighted by Gasteiger charge is 2.32. The lowest BCUT2D eigenvalue weighted by atomic mass is 10.0. The first-order chi connectivity index (χ1) is 15.6. The average Bonchev–Trinajstić information content (AvgIpc) is 2.78. The number of ether oxygens (including phenoxy) is 2. The van der Waals surface area contributed by atoms with Gasteiger partial charge < -0.3 is 9.47 Å². The molecule has 174 valence electrons. The second-order valence-corrected chi connectivity index (χ2v) is 9.97. The fourth-order valence-electron chi connectivity index (χ4n) is 3.30. The summed E-state index contributed by atoms with van der Waals surface area (Å²) in [6.07, 6.45) is 0. The molecule has 0 atom stereocenters. The number of rotatable bonds is 8. The van der Waals surface area contributed by atoms with Gasteiger partial charge in [0.15, 0.2) is 6.61 Å². The van der Waals surface area contributed by atoms with Gasteiger partial charge >= 0.3 is 0 Å². The van der Waals surface area contributed by atoms with Crippen molar-refractivity contribution in [2.24, 2.45) is 0 Å². The highest BCUT2D eigenvalue weighted by molar-refractivity contribution is 7.93. The van der Waals surface area contributed by atoms with Crippen LogP contribution in [0.1, 0.15) is 30.9 Å². The predicted octanol–water partition coefficient (Wildman–Crippen LogP) is 5.58. The molecule has 0 spiro atoms. The molecular formula is C25H26ClNO5S. The Balaban J connectivity index is 2.01. The van der Waals surface area contributed by atoms with Gasteiger partial charge in [0.2, 0.25) is 0 Å². The van der Waals surface area contributed by atoms with Crippen LogP contribution in [0.2, 0.25) is 5.02 Å². The van der Waals surface area contributed by atoms with Crippen LogP contribution in [0.15, 0.2) is 71.6 Å². The number of carbonyl (C=O) groups excluding carboxylic acids is 1. The van der Waals surface area contributed by atoms with Crippen LogP contribution in [-0.4, -0.2) is 28.0 Å². The maximum absolute atomic E-state index is 13.5. The predicted molar refractivity (Wildman–Crippen MR) is 130 cm³/mol. The van der Waals surface area contributed by atoms with Crippen molar-refractivity contribution >= 4 is 33.2 Å². The number of amides is 1. The molecule has 0 radical (unpaired) electrons. The first-order valence-corrected chi connectivity index (χ1v) is 12.2. The standard InChI is InChI=1S/C25H26ClNO5S/c1-17(2)21-7-5-6-8-23(21)32-16-25(28)27(19-11-14-24(31-4)22(26)15-19)33(29,30)20-12-9-18(3)10-13-20/h5-15,17H,16H2,1-4H3. The molecule has 0 aliphatic rings. The Hall–Kier alpha value is -3.03. The summed E-state index contributed by atoms with van der Waals surface area (Å²) in [5.74, 6) is 0.309. The first kappa shape index (κ1) is 24.6. The number of methoxy groups -OCH3 is 1. The number of carbonyl (C=O) groups is 1. The number of aryl methyl sites for hydroxylation is 1. The fraction of sp³-hybridized carbons (Fsp3) is 0.240. The van der Waals surface area contributed by atoms with Gasteiger partial charge in [-0.3, -0.25) is 4.79 Å². The number of hydrogen-bond donors (Lipinski definition) is 0. The van der Waals surface area contributed by atoms with Gasteiger partial charge in [-0.05, 0) is 54.8 Å². The zero-order chi connectivity index (χ0) is 24.2. The molecule has 0 unspecified atom stereocenters. The van der Waals surface area contributed by atoms with Crippen LogP contribution in [0.5, 0.6) is 11.5 Å². The molecule has 1 amide bonds. The van der Waals surface area contributed by atoms with Crippen LogP contribution >= 0.6 is 11.6 Å². The third-order valence-corrected chi connectivity index (χ3v) is 7.11. The zero-order valence-corrected chi connectivity index (χ0v) is 20.5. The summed E-state index contributed by atoms with van der Waals surface area (Å²) in [4.78, 5) is 13.3. The van der Waals surface area contributed by atoms with E-state index in [9.17, 15) is 13.2 Å². The van der Waals surface area contributed by atoms with Crippen LogP contribution in [0.4, 0.5) is 5.69 Å². The van der Waals surface area contributed by atoms with Crippen molar-refractivity contribution in [3.05, 3.63) is 82.9 Å². The summed E-state index contributed by atoms with van der Waals surface area (Å²) in [5.41, 5.74) is 1.91. The van der Waals surface area contributed by atoms with Crippen LogP contribution in [0.25, 0.3) is 0 Å². The van der Waals surface area contributed by atoms with Crippen LogP contribution in [0, 0.1) is 6.92 Å². The number of nitrogens with zero attached hydrogens (tertiary/aromatic N) is 1. The summed E-state index contributed by atoms with van der Waals surface area (Å²) >= 11 is 6.23. The van der Waals surface area contributed by atoms with E-state index in [1.807, 2.05) is 32.9 Å². The molecule has 3 rings (SSSR count). The van der Waals surface area contributed by atoms with E-state index in [-0.39, 0.29) is 21.5 Å². The fourth-order valence-corrected chi connectivity index (χ4v) is 4.96. The normalized spacial score (nSPS) is 11.3. The van der Waals surface area contributed by atoms with Gasteiger partial charge in [-0.15, -0.1) is 0 Å². The minimum atomic E-state index is -4.23. The summed E-state index contributed by atoms with van der Waals surface area (Å²) in [5, 5.41) is 0.179. The SMILES string of the molecule is COc1ccc(N(C(=O)COc2ccccc2C(C)C)S(=O)(=O)c2ccc(C)cc2)cc1Cl. The number of para-hydroxylation sites is 1. The molecule has 0 heterocycles. The maximum Gasteiger partial charge on any atom is 0.278 e. The lowest BCUT2D eigenvalue weighted by Crippen LogP contribution is -2.40. The van der Waals surface area contributed by atoms with Crippen molar-refractivity contribution < 1.29 is 22.7 Å². The molecule has 0 fully saturated rings. The van der Waals surface area contributed by atoms with E-state index >= 15 is 0 Å². The van der Waals surface area contributed by atoms with Crippen molar-refractivity contribution in [1.82, 2.24) is 0 Å². The molecule has 0 aromatic heterocycles. The smallest absolute Gasteiger partial charge is 0.278 e. The van der Waals surface area contributed by atoms with Crippen molar-refractivity contribution in [3.8, 4) is 11.5 Å². The van der Waals surface area contributed by atoms with E-state index in [2.05, 4.69) is 0 Å². The molecule has 0 N–H and O–H groups in total. The van der Waals surface area contributed by atoms with Crippen LogP contribution in [0.3, 0.4) is 0 Å². The van der Waals surface area contributed by atoms with Crippen LogP contribution in [-0.2, 0) is 14.8 Å². The van der Waals surface area contributed by atoms with Gasteiger partial charge in [-0.2, -0.15) is 4.31 Å². The van der Waals surface area contributed by atoms with Gasteiger partial charge in [0.05, 0.1) is 22.7 Å². The topological polar surface area (TPSA) is 72.9 Å². The lowest BCUT2D eigenvalue weighted by molar-refractivity contribution is -0.119. The number of sulfonamides is 1. The van der Waals surface area contributed by atoms with Crippen molar-refractivity contribution in [3.63, 3.8) is 0 Å². The summed E-state index contributed by atoms with van der Waals surface area (Å²) in [7, 11) is -2.78. The van der Waals surface area contributed by atoms with E-state index in [1.165, 1.54) is 37.4 Å². The highest BCUT2D eigenvalue weighted by atomic mass is 35.5. The van der Waals surface area contributed by atoms with E-state index in [0.29, 0.717) is 11.5 Å². The summed E-state index contributed by atoms with van der Waals surface area (Å²) in [6, 6.07) is 18.0. The van der Waals surface area contributed by atoms with Gasteiger partial charge in [0.1, 0.15) is 11.5 Å². The Labute approximate surface area is 199 Å². The molecule has 33 heavy (non-hydrogen) atoms. The molecule has 0 saturated heterocycles. The number of benzene rings is 3. The number of hydrogen-bond acceptors (Lipinski definition) is 5. The molecule has 6 nitrogen and oxygen atoms in total. The Morgan fingerprint density at radius 1 is 1.00 bits per heavy atom. The quantitative estimate of drug-likeness (QED) is 0.414. The monoisotopic (exact) mass is 487 g/mol. The van der Waals surface area contributed by atoms with Gasteiger partial charge in [0.25, 0.3) is 15.9 Å². The summed E-state index contributed by atoms with van der Waals surface area (Å²) < 4.78 is 38.7. The zero-order valence-electron chi connectivity index (χ0n) is 18.9. The molecule has 0 bridgehead atoms. The van der Waals surface area contributed by atoms with Gasteiger partial charge in [-0.25, -0.2) is 8.42 Å². The maximum atomic E-state index is 13.5. The van der Waals surface area contributed by atoms with E-state index in [4.69, 9.17) is 21.1 Å². The van der Waals surface area contributed by atoms with E-state index < -0.39 is 22.5 Å². The third kappa shape index (κ3) is 5.49. The second-order valence-electron chi connectivity index (χ2n) is 7.78. The molecule has 3 aromatic carbocycles. The molecular weight excluding hydrogens is 462 g/mol. The minimum absolute atomic E-state index is 0.0176. The Bertz CT molecular complexity index is 1240. The highest BCUT2D eigenvalue weighted by Crippen LogP contribution is 2.32. The van der Waals surface area contributed by atoms with Gasteiger partial charge in [-0.1, -0.05) is 61.3 Å². The van der Waals surface area contributed by atoms with Crippen molar-refractivity contribution in [2.45, 2.75) is 31.6 Å². The summed E-state index contributed by atoms with van der Waals surface area (Å²) in [6.45, 7) is 5.40. The van der Waals surface area contributed by atoms with E-state index in [1.54, 1.807) is 24.3 Å². The second kappa shape index (κ2) is 10.3. The average molecular weight is 488 g/mol. The largest absolute Gasteiger partial charge is 0.495 e. The Morgan fingerprint density at radius 2 is 1.67 bits per heavy atom. The molecule has 3 aromatic rings. The van der Waals surface area contributed by atoms with E-state index in [0.717, 1.165) is 15.4 Å². The lowest BCUT2D eigenvalue weighted by Gasteiger charge is -2.24. The molecule has 0 saturated carbocycles. The van der Waals surface area contributed by atoms with Crippen LogP contribution < -0.4 is 13.8 Å². The third-order valence-electron chi connectivity index (χ3n) is 5.05. The number of halogens is 1. The Morgan fingerprint density at radius 3 is 2.27 bits per heavy atom. The number of anilines is 1. The van der Waals surface area contributed by atoms with Crippen molar-refractivity contribution in [2.75, 3.05) is 18.0 Å². The minimum Gasteiger partial charge on any atom is -0.495 e. The van der Waals surface area contributed by atoms with Gasteiger partial charge in [0, 0.05) is 0 Å². The first-order valence-electron chi connectivity index (χ1n) is 10.3. The Kier molecular flexibility index (Phi) is 7.66. The molecule has 8 heteroatoms. The molecule has 0 aliphatic heterocycles. The molecule has 0 aliphatic carbocycles.